The van der Waals surface area contributed by atoms with Crippen LogP contribution < -0.4 is 16.0 Å². The molecule has 0 saturated carbocycles. The topological polar surface area (TPSA) is 70.1 Å². The molecule has 0 radical (unpaired) electrons. The molecule has 2 rings (SSSR count). The molecule has 5 heteroatoms. The van der Waals surface area contributed by atoms with Crippen LogP contribution in [-0.4, -0.2) is 16.9 Å². The molecule has 0 aliphatic heterocycles. The second kappa shape index (κ2) is 4.69. The normalized spacial score (nSPS) is 10.2. The zero-order valence-corrected chi connectivity index (χ0v) is 9.46. The number of hydrogen-bond donors (Lipinski definition) is 1. The van der Waals surface area contributed by atoms with E-state index in [9.17, 15) is 4.79 Å². The third-order valence-corrected chi connectivity index (χ3v) is 2.35. The fourth-order valence-corrected chi connectivity index (χ4v) is 1.52. The maximum Gasteiger partial charge on any atom is 0.267 e. The second-order valence-electron chi connectivity index (χ2n) is 3.61. The summed E-state index contributed by atoms with van der Waals surface area (Å²) in [5.74, 6) is 1.08. The Morgan fingerprint density at radius 2 is 2.18 bits per heavy atom. The lowest BCUT2D eigenvalue weighted by Crippen LogP contribution is -2.23. The van der Waals surface area contributed by atoms with Gasteiger partial charge in [-0.3, -0.25) is 4.79 Å². The number of nitrogens with two attached hydrogens (primary N) is 1. The molecule has 5 nitrogen and oxygen atoms in total. The molecule has 1 aromatic carbocycles. The lowest BCUT2D eigenvalue weighted by Gasteiger charge is -2.06. The first-order chi connectivity index (χ1) is 8.19. The first kappa shape index (κ1) is 11.2. The predicted octanol–water partition coefficient (Wildman–Crippen LogP) is 0.882. The number of rotatable bonds is 3. The van der Waals surface area contributed by atoms with Crippen LogP contribution in [0.2, 0.25) is 0 Å². The largest absolute Gasteiger partial charge is 0.497 e. The zero-order chi connectivity index (χ0) is 12.3. The molecule has 0 amide bonds. The third kappa shape index (κ3) is 2.63. The summed E-state index contributed by atoms with van der Waals surface area (Å²) < 4.78 is 6.44. The van der Waals surface area contributed by atoms with Crippen molar-refractivity contribution in [3.05, 3.63) is 52.3 Å². The standard InChI is InChI=1S/C12H13N3O2/c1-17-10-4-2-3-9(7-10)8-15-12(16)6-5-11(13)14-15/h2-7H,8H2,1H3,(H2,13,14). The molecule has 1 heterocycles. The average molecular weight is 231 g/mol. The number of hydrogen-bond acceptors (Lipinski definition) is 4. The lowest BCUT2D eigenvalue weighted by atomic mass is 10.2. The molecule has 0 saturated heterocycles. The minimum Gasteiger partial charge on any atom is -0.497 e. The Balaban J connectivity index is 2.31. The summed E-state index contributed by atoms with van der Waals surface area (Å²) >= 11 is 0. The summed E-state index contributed by atoms with van der Waals surface area (Å²) in [5.41, 5.74) is 6.30. The van der Waals surface area contributed by atoms with E-state index in [2.05, 4.69) is 5.10 Å². The van der Waals surface area contributed by atoms with E-state index in [0.29, 0.717) is 12.4 Å². The molecule has 2 aromatic rings. The van der Waals surface area contributed by atoms with Crippen molar-refractivity contribution in [2.24, 2.45) is 0 Å². The van der Waals surface area contributed by atoms with Gasteiger partial charge in [0.25, 0.3) is 5.56 Å². The van der Waals surface area contributed by atoms with Crippen molar-refractivity contribution in [1.29, 1.82) is 0 Å². The molecule has 0 aliphatic carbocycles. The summed E-state index contributed by atoms with van der Waals surface area (Å²) in [6.07, 6.45) is 0. The van der Waals surface area contributed by atoms with Gasteiger partial charge in [0.05, 0.1) is 13.7 Å². The number of ether oxygens (including phenoxy) is 1. The molecule has 2 N–H and O–H groups in total. The van der Waals surface area contributed by atoms with Crippen LogP contribution in [0, 0.1) is 0 Å². The van der Waals surface area contributed by atoms with E-state index in [1.54, 1.807) is 7.11 Å². The molecule has 0 bridgehead atoms. The quantitative estimate of drug-likeness (QED) is 0.851. The molecule has 17 heavy (non-hydrogen) atoms. The molecule has 0 aliphatic rings. The van der Waals surface area contributed by atoms with E-state index in [0.717, 1.165) is 11.3 Å². The highest BCUT2D eigenvalue weighted by atomic mass is 16.5. The number of aromatic nitrogens is 2. The van der Waals surface area contributed by atoms with Gasteiger partial charge in [0.15, 0.2) is 0 Å². The van der Waals surface area contributed by atoms with Crippen LogP contribution in [0.4, 0.5) is 5.82 Å². The van der Waals surface area contributed by atoms with Gasteiger partial charge in [-0.25, -0.2) is 4.68 Å². The lowest BCUT2D eigenvalue weighted by molar-refractivity contribution is 0.414. The maximum atomic E-state index is 11.5. The Labute approximate surface area is 98.5 Å². The van der Waals surface area contributed by atoms with E-state index in [4.69, 9.17) is 10.5 Å². The first-order valence-corrected chi connectivity index (χ1v) is 5.15. The molecular formula is C12H13N3O2. The summed E-state index contributed by atoms with van der Waals surface area (Å²) in [6, 6.07) is 10.4. The fraction of sp³-hybridized carbons (Fsp3) is 0.167. The van der Waals surface area contributed by atoms with Gasteiger partial charge in [0, 0.05) is 6.07 Å². The number of nitrogens with zero attached hydrogens (tertiary/aromatic N) is 2. The fourth-order valence-electron chi connectivity index (χ4n) is 1.52. The average Bonchev–Trinajstić information content (AvgIpc) is 2.34. The Morgan fingerprint density at radius 3 is 2.94 bits per heavy atom. The van der Waals surface area contributed by atoms with Crippen molar-refractivity contribution in [1.82, 2.24) is 9.78 Å². The molecule has 0 atom stereocenters. The SMILES string of the molecule is COc1cccc(Cn2nc(N)ccc2=O)c1. The van der Waals surface area contributed by atoms with Crippen molar-refractivity contribution in [3.8, 4) is 5.75 Å². The predicted molar refractivity (Wildman–Crippen MR) is 65.0 cm³/mol. The highest BCUT2D eigenvalue weighted by molar-refractivity contribution is 5.29. The van der Waals surface area contributed by atoms with Gasteiger partial charge >= 0.3 is 0 Å². The van der Waals surface area contributed by atoms with Crippen molar-refractivity contribution in [2.75, 3.05) is 12.8 Å². The molecular weight excluding hydrogens is 218 g/mol. The molecule has 0 spiro atoms. The van der Waals surface area contributed by atoms with Crippen LogP contribution in [0.1, 0.15) is 5.56 Å². The molecule has 88 valence electrons. The van der Waals surface area contributed by atoms with Crippen LogP contribution in [0.15, 0.2) is 41.2 Å². The highest BCUT2D eigenvalue weighted by Gasteiger charge is 2.01. The van der Waals surface area contributed by atoms with Crippen LogP contribution in [0.25, 0.3) is 0 Å². The van der Waals surface area contributed by atoms with E-state index >= 15 is 0 Å². The van der Waals surface area contributed by atoms with Crippen molar-refractivity contribution in [3.63, 3.8) is 0 Å². The highest BCUT2D eigenvalue weighted by Crippen LogP contribution is 2.12. The second-order valence-corrected chi connectivity index (χ2v) is 3.61. The van der Waals surface area contributed by atoms with Crippen LogP contribution in [0.3, 0.4) is 0 Å². The van der Waals surface area contributed by atoms with Gasteiger partial charge in [0.2, 0.25) is 0 Å². The smallest absolute Gasteiger partial charge is 0.267 e. The van der Waals surface area contributed by atoms with E-state index in [1.165, 1.54) is 16.8 Å². The molecule has 1 aromatic heterocycles. The van der Waals surface area contributed by atoms with Gasteiger partial charge in [-0.15, -0.1) is 0 Å². The monoisotopic (exact) mass is 231 g/mol. The van der Waals surface area contributed by atoms with E-state index in [-0.39, 0.29) is 5.56 Å². The Bertz CT molecular complexity index is 578. The molecule has 0 fully saturated rings. The zero-order valence-electron chi connectivity index (χ0n) is 9.46. The molecule has 0 unspecified atom stereocenters. The van der Waals surface area contributed by atoms with Crippen molar-refractivity contribution < 1.29 is 4.74 Å². The minimum atomic E-state index is -0.179. The first-order valence-electron chi connectivity index (χ1n) is 5.15. The van der Waals surface area contributed by atoms with E-state index < -0.39 is 0 Å². The summed E-state index contributed by atoms with van der Waals surface area (Å²) in [7, 11) is 1.60. The third-order valence-electron chi connectivity index (χ3n) is 2.35. The number of methoxy groups -OCH3 is 1. The number of nitrogen functional groups attached to an aromatic ring is 1. The number of anilines is 1. The van der Waals surface area contributed by atoms with Crippen LogP contribution in [0.5, 0.6) is 5.75 Å². The number of benzene rings is 1. The van der Waals surface area contributed by atoms with Crippen LogP contribution in [-0.2, 0) is 6.54 Å². The van der Waals surface area contributed by atoms with Crippen molar-refractivity contribution in [2.45, 2.75) is 6.54 Å². The summed E-state index contributed by atoms with van der Waals surface area (Å²) in [4.78, 5) is 11.5. The van der Waals surface area contributed by atoms with E-state index in [1.807, 2.05) is 24.3 Å². The Kier molecular flexibility index (Phi) is 3.09. The van der Waals surface area contributed by atoms with Gasteiger partial charge in [-0.2, -0.15) is 5.10 Å². The minimum absolute atomic E-state index is 0.179. The van der Waals surface area contributed by atoms with Gasteiger partial charge in [-0.05, 0) is 23.8 Å². The van der Waals surface area contributed by atoms with Gasteiger partial charge < -0.3 is 10.5 Å². The Hall–Kier alpha value is -2.30. The van der Waals surface area contributed by atoms with Gasteiger partial charge in [0.1, 0.15) is 11.6 Å². The van der Waals surface area contributed by atoms with Crippen LogP contribution >= 0.6 is 0 Å². The van der Waals surface area contributed by atoms with Gasteiger partial charge in [-0.1, -0.05) is 12.1 Å². The Morgan fingerprint density at radius 1 is 1.35 bits per heavy atom. The summed E-state index contributed by atoms with van der Waals surface area (Å²) in [5, 5.41) is 3.96. The maximum absolute atomic E-state index is 11.5. The summed E-state index contributed by atoms with van der Waals surface area (Å²) in [6.45, 7) is 0.376. The van der Waals surface area contributed by atoms with Crippen molar-refractivity contribution >= 4 is 5.82 Å².